The lowest BCUT2D eigenvalue weighted by atomic mass is 10.2. The lowest BCUT2D eigenvalue weighted by molar-refractivity contribution is 0.101. The van der Waals surface area contributed by atoms with Gasteiger partial charge in [0.15, 0.2) is 5.16 Å². The molecule has 0 fully saturated rings. The molecule has 0 aliphatic carbocycles. The normalized spacial score (nSPS) is 10.7. The van der Waals surface area contributed by atoms with Crippen molar-refractivity contribution in [2.24, 2.45) is 0 Å². The number of anilines is 1. The summed E-state index contributed by atoms with van der Waals surface area (Å²) in [6, 6.07) is 25.1. The Bertz CT molecular complexity index is 1220. The van der Waals surface area contributed by atoms with Crippen LogP contribution in [-0.4, -0.2) is 15.9 Å². The number of rotatable bonds is 7. The van der Waals surface area contributed by atoms with Crippen molar-refractivity contribution in [3.8, 4) is 0 Å². The first kappa shape index (κ1) is 22.4. The highest BCUT2D eigenvalue weighted by atomic mass is 35.5. The van der Waals surface area contributed by atoms with Crippen LogP contribution in [0, 0.1) is 6.92 Å². The van der Waals surface area contributed by atoms with Crippen LogP contribution in [0.4, 0.5) is 5.69 Å². The number of hydrogen-bond acceptors (Lipinski definition) is 5. The maximum absolute atomic E-state index is 13.1. The molecule has 4 nitrogen and oxygen atoms in total. The number of halogens is 1. The minimum absolute atomic E-state index is 0.271. The molecule has 32 heavy (non-hydrogen) atoms. The van der Waals surface area contributed by atoms with Crippen LogP contribution >= 0.6 is 35.1 Å². The van der Waals surface area contributed by atoms with Gasteiger partial charge in [0.2, 0.25) is 0 Å². The van der Waals surface area contributed by atoms with E-state index < -0.39 is 0 Å². The number of carbonyl (C=O) groups is 1. The van der Waals surface area contributed by atoms with Gasteiger partial charge in [-0.15, -0.1) is 0 Å². The molecule has 1 amide bonds. The largest absolute Gasteiger partial charge is 0.321 e. The first-order valence-electron chi connectivity index (χ1n) is 9.92. The van der Waals surface area contributed by atoms with Crippen molar-refractivity contribution in [3.05, 3.63) is 107 Å². The molecule has 0 atom stereocenters. The van der Waals surface area contributed by atoms with Gasteiger partial charge in [0.25, 0.3) is 5.91 Å². The Kier molecular flexibility index (Phi) is 7.47. The van der Waals surface area contributed by atoms with Crippen LogP contribution in [0.5, 0.6) is 0 Å². The number of benzene rings is 3. The van der Waals surface area contributed by atoms with Gasteiger partial charge in [-0.25, -0.2) is 9.97 Å². The average molecular weight is 478 g/mol. The maximum Gasteiger partial charge on any atom is 0.275 e. The minimum atomic E-state index is -0.271. The Morgan fingerprint density at radius 1 is 1.00 bits per heavy atom. The number of amides is 1. The topological polar surface area (TPSA) is 54.9 Å². The Hall–Kier alpha value is -2.80. The zero-order valence-electron chi connectivity index (χ0n) is 17.3. The maximum atomic E-state index is 13.1. The van der Waals surface area contributed by atoms with Gasteiger partial charge in [-0.05, 0) is 48.9 Å². The van der Waals surface area contributed by atoms with E-state index >= 15 is 0 Å². The summed E-state index contributed by atoms with van der Waals surface area (Å²) in [7, 11) is 0. The standard InChI is InChI=1S/C25H20ClN3OS2/c1-17-6-5-7-18(14-17)16-31-25-27-15-22(32-21-12-10-19(26)11-13-21)23(29-25)24(30)28-20-8-3-2-4-9-20/h2-15H,16H2,1H3,(H,28,30). The van der Waals surface area contributed by atoms with Crippen molar-refractivity contribution in [3.63, 3.8) is 0 Å². The number of aryl methyl sites for hydroxylation is 1. The third kappa shape index (κ3) is 6.13. The van der Waals surface area contributed by atoms with Crippen molar-refractivity contribution in [2.45, 2.75) is 27.6 Å². The SMILES string of the molecule is Cc1cccc(CSc2ncc(Sc3ccc(Cl)cc3)c(C(=O)Nc3ccccc3)n2)c1. The van der Waals surface area contributed by atoms with Crippen LogP contribution in [0.3, 0.4) is 0 Å². The molecule has 0 radical (unpaired) electrons. The van der Waals surface area contributed by atoms with Crippen LogP contribution in [0.15, 0.2) is 100 Å². The quantitative estimate of drug-likeness (QED) is 0.226. The van der Waals surface area contributed by atoms with E-state index in [1.807, 2.05) is 60.7 Å². The summed E-state index contributed by atoms with van der Waals surface area (Å²) in [5.41, 5.74) is 3.46. The van der Waals surface area contributed by atoms with Crippen molar-refractivity contribution < 1.29 is 4.79 Å². The number of nitrogens with zero attached hydrogens (tertiary/aromatic N) is 2. The van der Waals surface area contributed by atoms with E-state index in [-0.39, 0.29) is 5.91 Å². The Labute approximate surface area is 200 Å². The number of nitrogens with one attached hydrogen (secondary N) is 1. The fourth-order valence-electron chi connectivity index (χ4n) is 2.95. The molecule has 0 saturated carbocycles. The molecular formula is C25H20ClN3OS2. The summed E-state index contributed by atoms with van der Waals surface area (Å²) >= 11 is 8.94. The first-order valence-corrected chi connectivity index (χ1v) is 12.1. The summed E-state index contributed by atoms with van der Waals surface area (Å²) in [5, 5.41) is 4.15. The fourth-order valence-corrected chi connectivity index (χ4v) is 4.70. The number of hydrogen-bond donors (Lipinski definition) is 1. The van der Waals surface area contributed by atoms with Crippen molar-refractivity contribution >= 4 is 46.7 Å². The summed E-state index contributed by atoms with van der Waals surface area (Å²) in [6.45, 7) is 2.07. The molecule has 1 heterocycles. The molecule has 160 valence electrons. The lowest BCUT2D eigenvalue weighted by Crippen LogP contribution is -2.15. The second kappa shape index (κ2) is 10.7. The van der Waals surface area contributed by atoms with Gasteiger partial charge in [-0.3, -0.25) is 4.79 Å². The highest BCUT2D eigenvalue weighted by Gasteiger charge is 2.17. The van der Waals surface area contributed by atoms with E-state index in [4.69, 9.17) is 11.6 Å². The Balaban J connectivity index is 1.59. The number of para-hydroxylation sites is 1. The van der Waals surface area contributed by atoms with Crippen molar-refractivity contribution in [2.75, 3.05) is 5.32 Å². The van der Waals surface area contributed by atoms with E-state index in [0.717, 1.165) is 10.6 Å². The predicted molar refractivity (Wildman–Crippen MR) is 133 cm³/mol. The molecule has 3 aromatic carbocycles. The van der Waals surface area contributed by atoms with Gasteiger partial charge >= 0.3 is 0 Å². The van der Waals surface area contributed by atoms with Crippen molar-refractivity contribution in [1.29, 1.82) is 0 Å². The van der Waals surface area contributed by atoms with E-state index in [0.29, 0.717) is 26.5 Å². The molecule has 1 N–H and O–H groups in total. The average Bonchev–Trinajstić information content (AvgIpc) is 2.80. The molecule has 4 rings (SSSR count). The molecule has 7 heteroatoms. The number of carbonyl (C=O) groups excluding carboxylic acids is 1. The third-order valence-corrected chi connectivity index (χ3v) is 6.68. The van der Waals surface area contributed by atoms with Crippen LogP contribution < -0.4 is 5.32 Å². The summed E-state index contributed by atoms with van der Waals surface area (Å²) in [6.07, 6.45) is 1.71. The monoisotopic (exact) mass is 477 g/mol. The molecule has 0 aliphatic rings. The smallest absolute Gasteiger partial charge is 0.275 e. The van der Waals surface area contributed by atoms with Crippen LogP contribution in [-0.2, 0) is 5.75 Å². The molecule has 1 aromatic heterocycles. The molecule has 0 bridgehead atoms. The zero-order chi connectivity index (χ0) is 22.3. The van der Waals surface area contributed by atoms with Gasteiger partial charge in [0.1, 0.15) is 5.69 Å². The van der Waals surface area contributed by atoms with Gasteiger partial charge in [0.05, 0.1) is 4.90 Å². The molecule has 4 aromatic rings. The number of thioether (sulfide) groups is 1. The Morgan fingerprint density at radius 2 is 1.78 bits per heavy atom. The molecular weight excluding hydrogens is 458 g/mol. The minimum Gasteiger partial charge on any atom is -0.321 e. The second-order valence-corrected chi connectivity index (χ2v) is 9.51. The van der Waals surface area contributed by atoms with Crippen molar-refractivity contribution in [1.82, 2.24) is 9.97 Å². The van der Waals surface area contributed by atoms with Gasteiger partial charge in [0, 0.05) is 27.6 Å². The molecule has 0 unspecified atom stereocenters. The van der Waals surface area contributed by atoms with E-state index in [9.17, 15) is 4.79 Å². The molecule has 0 saturated heterocycles. The summed E-state index contributed by atoms with van der Waals surface area (Å²) < 4.78 is 0. The second-order valence-electron chi connectivity index (χ2n) is 7.02. The van der Waals surface area contributed by atoms with E-state index in [1.165, 1.54) is 34.7 Å². The third-order valence-electron chi connectivity index (χ3n) is 4.47. The first-order chi connectivity index (χ1) is 15.6. The zero-order valence-corrected chi connectivity index (χ0v) is 19.7. The van der Waals surface area contributed by atoms with E-state index in [1.54, 1.807) is 6.20 Å². The lowest BCUT2D eigenvalue weighted by Gasteiger charge is -2.11. The van der Waals surface area contributed by atoms with Crippen LogP contribution in [0.25, 0.3) is 0 Å². The van der Waals surface area contributed by atoms with E-state index in [2.05, 4.69) is 40.4 Å². The molecule has 0 spiro atoms. The highest BCUT2D eigenvalue weighted by Crippen LogP contribution is 2.32. The predicted octanol–water partition coefficient (Wildman–Crippen LogP) is 7.13. The van der Waals surface area contributed by atoms with Crippen LogP contribution in [0.1, 0.15) is 21.6 Å². The fraction of sp³-hybridized carbons (Fsp3) is 0.0800. The van der Waals surface area contributed by atoms with Crippen LogP contribution in [0.2, 0.25) is 5.02 Å². The highest BCUT2D eigenvalue weighted by molar-refractivity contribution is 7.99. The molecule has 0 aliphatic heterocycles. The number of aromatic nitrogens is 2. The Morgan fingerprint density at radius 3 is 2.53 bits per heavy atom. The summed E-state index contributed by atoms with van der Waals surface area (Å²) in [4.78, 5) is 23.9. The van der Waals surface area contributed by atoms with Gasteiger partial charge in [-0.2, -0.15) is 0 Å². The van der Waals surface area contributed by atoms with Gasteiger partial charge in [-0.1, -0.05) is 83.2 Å². The summed E-state index contributed by atoms with van der Waals surface area (Å²) in [5.74, 6) is 0.456. The van der Waals surface area contributed by atoms with Gasteiger partial charge < -0.3 is 5.32 Å².